The van der Waals surface area contributed by atoms with Gasteiger partial charge in [0.25, 0.3) is 0 Å². The molecule has 3 rings (SSSR count). The smallest absolute Gasteiger partial charge is 0.358 e. The van der Waals surface area contributed by atoms with E-state index in [9.17, 15) is 22.4 Å². The molecular weight excluding hydrogens is 436 g/mol. The minimum absolute atomic E-state index is 0.275. The Kier molecular flexibility index (Phi) is 7.75. The zero-order chi connectivity index (χ0) is 24.0. The molecule has 33 heavy (non-hydrogen) atoms. The number of pyridine rings is 2. The summed E-state index contributed by atoms with van der Waals surface area (Å²) in [5, 5.41) is 5.94. The average Bonchev–Trinajstić information content (AvgIpc) is 2.81. The summed E-state index contributed by atoms with van der Waals surface area (Å²) in [5.74, 6) is -0.623. The molecule has 3 aromatic rings. The van der Waals surface area contributed by atoms with Crippen LogP contribution in [-0.2, 0) is 17.4 Å². The van der Waals surface area contributed by atoms with Crippen LogP contribution in [0, 0.1) is 12.7 Å². The summed E-state index contributed by atoms with van der Waals surface area (Å²) in [4.78, 5) is 20.2. The molecule has 2 atom stereocenters. The highest BCUT2D eigenvalue weighted by Gasteiger charge is 2.32. The van der Waals surface area contributed by atoms with Gasteiger partial charge in [-0.15, -0.1) is 0 Å². The van der Waals surface area contributed by atoms with Gasteiger partial charge >= 0.3 is 6.18 Å². The van der Waals surface area contributed by atoms with E-state index in [1.165, 1.54) is 25.4 Å². The van der Waals surface area contributed by atoms with Gasteiger partial charge in [-0.1, -0.05) is 24.3 Å². The molecule has 0 radical (unpaired) electrons. The summed E-state index contributed by atoms with van der Waals surface area (Å²) >= 11 is 0. The Morgan fingerprint density at radius 2 is 1.88 bits per heavy atom. The number of likely N-dealkylation sites (N-methyl/N-ethyl adjacent to an activating group) is 1. The van der Waals surface area contributed by atoms with Crippen molar-refractivity contribution in [1.29, 1.82) is 0 Å². The third-order valence-corrected chi connectivity index (χ3v) is 5.32. The quantitative estimate of drug-likeness (QED) is 0.479. The number of hydrogen-bond donors (Lipinski definition) is 2. The highest BCUT2D eigenvalue weighted by Crippen LogP contribution is 2.29. The molecule has 0 saturated heterocycles. The Morgan fingerprint density at radius 3 is 2.45 bits per heavy atom. The lowest BCUT2D eigenvalue weighted by molar-refractivity contribution is -0.141. The van der Waals surface area contributed by atoms with E-state index in [2.05, 4.69) is 20.6 Å². The van der Waals surface area contributed by atoms with Crippen molar-refractivity contribution in [2.24, 2.45) is 0 Å². The van der Waals surface area contributed by atoms with E-state index in [1.54, 1.807) is 43.6 Å². The number of halogens is 4. The minimum atomic E-state index is -4.50. The second kappa shape index (κ2) is 10.5. The lowest BCUT2D eigenvalue weighted by atomic mass is 9.96. The molecule has 0 unspecified atom stereocenters. The van der Waals surface area contributed by atoms with Crippen LogP contribution in [0.2, 0.25) is 0 Å². The molecule has 2 N–H and O–H groups in total. The number of aromatic nitrogens is 2. The van der Waals surface area contributed by atoms with Crippen molar-refractivity contribution in [3.63, 3.8) is 0 Å². The van der Waals surface area contributed by atoms with Crippen molar-refractivity contribution in [2.75, 3.05) is 7.05 Å². The topological polar surface area (TPSA) is 66.9 Å². The molecule has 5 nitrogen and oxygen atoms in total. The van der Waals surface area contributed by atoms with Crippen LogP contribution in [0.4, 0.5) is 17.6 Å². The van der Waals surface area contributed by atoms with Gasteiger partial charge < -0.3 is 5.32 Å². The van der Waals surface area contributed by atoms with Crippen LogP contribution < -0.4 is 10.6 Å². The summed E-state index contributed by atoms with van der Waals surface area (Å²) in [6, 6.07) is 9.39. The number of nitrogens with one attached hydrogen (secondary N) is 2. The fourth-order valence-corrected chi connectivity index (χ4v) is 3.50. The van der Waals surface area contributed by atoms with Crippen LogP contribution in [0.1, 0.15) is 46.5 Å². The van der Waals surface area contributed by atoms with Crippen molar-refractivity contribution in [1.82, 2.24) is 20.6 Å². The molecule has 0 aliphatic carbocycles. The van der Waals surface area contributed by atoms with Gasteiger partial charge in [0.1, 0.15) is 17.6 Å². The molecule has 9 heteroatoms. The summed E-state index contributed by atoms with van der Waals surface area (Å²) in [6.07, 6.45) is 0.715. The van der Waals surface area contributed by atoms with Crippen LogP contribution in [0.25, 0.3) is 0 Å². The van der Waals surface area contributed by atoms with E-state index < -0.39 is 24.0 Å². The van der Waals surface area contributed by atoms with Crippen molar-refractivity contribution in [2.45, 2.75) is 38.0 Å². The molecule has 0 bridgehead atoms. The number of aryl methyl sites for hydroxylation is 2. The van der Waals surface area contributed by atoms with E-state index in [4.69, 9.17) is 0 Å². The molecule has 2 aromatic heterocycles. The summed E-state index contributed by atoms with van der Waals surface area (Å²) in [6.45, 7) is 1.65. The summed E-state index contributed by atoms with van der Waals surface area (Å²) in [7, 11) is 1.53. The maximum atomic E-state index is 13.9. The van der Waals surface area contributed by atoms with Gasteiger partial charge in [-0.05, 0) is 60.2 Å². The SMILES string of the molecule is CNC(=O)[C@H](N[C@@H](CCc1ccc(C(F)(F)F)nc1)c1ccc(F)c(C)c1)c1cccnc1. The van der Waals surface area contributed by atoms with Gasteiger partial charge in [0.05, 0.1) is 0 Å². The maximum absolute atomic E-state index is 13.9. The number of benzene rings is 1. The van der Waals surface area contributed by atoms with E-state index >= 15 is 0 Å². The fraction of sp³-hybridized carbons (Fsp3) is 0.292. The molecular formula is C24H24F4N4O. The molecule has 0 fully saturated rings. The zero-order valence-electron chi connectivity index (χ0n) is 18.2. The number of carbonyl (C=O) groups excluding carboxylic acids is 1. The first kappa shape index (κ1) is 24.3. The Hall–Kier alpha value is -3.33. The molecule has 0 aliphatic heterocycles. The van der Waals surface area contributed by atoms with E-state index in [-0.39, 0.29) is 11.7 Å². The fourth-order valence-electron chi connectivity index (χ4n) is 3.50. The molecule has 0 spiro atoms. The first-order valence-corrected chi connectivity index (χ1v) is 10.3. The van der Waals surface area contributed by atoms with Crippen molar-refractivity contribution < 1.29 is 22.4 Å². The number of carbonyl (C=O) groups is 1. The molecule has 0 saturated carbocycles. The Morgan fingerprint density at radius 1 is 1.09 bits per heavy atom. The average molecular weight is 460 g/mol. The number of alkyl halides is 3. The lowest BCUT2D eigenvalue weighted by Gasteiger charge is -2.26. The highest BCUT2D eigenvalue weighted by atomic mass is 19.4. The van der Waals surface area contributed by atoms with E-state index in [0.717, 1.165) is 11.6 Å². The van der Waals surface area contributed by atoms with Gasteiger partial charge in [0.2, 0.25) is 5.91 Å². The monoisotopic (exact) mass is 460 g/mol. The van der Waals surface area contributed by atoms with Gasteiger partial charge in [-0.3, -0.25) is 20.1 Å². The third kappa shape index (κ3) is 6.35. The first-order chi connectivity index (χ1) is 15.7. The summed E-state index contributed by atoms with van der Waals surface area (Å²) < 4.78 is 52.2. The van der Waals surface area contributed by atoms with Crippen LogP contribution in [0.5, 0.6) is 0 Å². The van der Waals surface area contributed by atoms with Crippen LogP contribution in [-0.4, -0.2) is 22.9 Å². The van der Waals surface area contributed by atoms with E-state index in [1.807, 2.05) is 0 Å². The Balaban J connectivity index is 1.87. The molecule has 174 valence electrons. The third-order valence-electron chi connectivity index (χ3n) is 5.32. The minimum Gasteiger partial charge on any atom is -0.358 e. The molecule has 0 aliphatic rings. The van der Waals surface area contributed by atoms with Gasteiger partial charge in [-0.2, -0.15) is 13.2 Å². The number of hydrogen-bond acceptors (Lipinski definition) is 4. The predicted molar refractivity (Wildman–Crippen MR) is 116 cm³/mol. The van der Waals surface area contributed by atoms with Gasteiger partial charge in [0.15, 0.2) is 0 Å². The number of nitrogens with zero attached hydrogens (tertiary/aromatic N) is 2. The van der Waals surface area contributed by atoms with Crippen LogP contribution >= 0.6 is 0 Å². The molecule has 1 aromatic carbocycles. The standard InChI is InChI=1S/C24H24F4N4O/c1-15-12-17(7-8-19(15)25)20(9-5-16-6-10-21(31-13-16)24(26,27)28)32-22(23(33)29-2)18-4-3-11-30-14-18/h3-4,6-8,10-14,20,22,32H,5,9H2,1-2H3,(H,29,33)/t20-,22+/m0/s1. The van der Waals surface area contributed by atoms with E-state index in [0.29, 0.717) is 29.5 Å². The lowest BCUT2D eigenvalue weighted by Crippen LogP contribution is -2.38. The first-order valence-electron chi connectivity index (χ1n) is 10.3. The zero-order valence-corrected chi connectivity index (χ0v) is 18.2. The maximum Gasteiger partial charge on any atom is 0.433 e. The van der Waals surface area contributed by atoms with Crippen molar-refractivity contribution in [3.05, 3.63) is 94.8 Å². The number of amides is 1. The highest BCUT2D eigenvalue weighted by molar-refractivity contribution is 5.82. The summed E-state index contributed by atoms with van der Waals surface area (Å²) in [5.41, 5.74) is 1.52. The number of rotatable bonds is 8. The van der Waals surface area contributed by atoms with Gasteiger partial charge in [0, 0.05) is 31.7 Å². The van der Waals surface area contributed by atoms with Crippen LogP contribution in [0.3, 0.4) is 0 Å². The largest absolute Gasteiger partial charge is 0.433 e. The van der Waals surface area contributed by atoms with Crippen molar-refractivity contribution >= 4 is 5.91 Å². The normalized spacial score (nSPS) is 13.4. The van der Waals surface area contributed by atoms with Crippen LogP contribution in [0.15, 0.2) is 61.1 Å². The van der Waals surface area contributed by atoms with Gasteiger partial charge in [-0.25, -0.2) is 4.39 Å². The predicted octanol–water partition coefficient (Wildman–Crippen LogP) is 4.69. The Labute approximate surface area is 189 Å². The Bertz CT molecular complexity index is 1070. The molecule has 1 amide bonds. The van der Waals surface area contributed by atoms with Crippen molar-refractivity contribution in [3.8, 4) is 0 Å². The second-order valence-corrected chi connectivity index (χ2v) is 7.65. The molecule has 2 heterocycles. The second-order valence-electron chi connectivity index (χ2n) is 7.65.